The zero-order valence-electron chi connectivity index (χ0n) is 22.1. The molecule has 0 amide bonds. The fourth-order valence-corrected chi connectivity index (χ4v) is 3.26. The van der Waals surface area contributed by atoms with Crippen LogP contribution in [0, 0.1) is 27.7 Å². The Morgan fingerprint density at radius 1 is 0.474 bits per heavy atom. The highest BCUT2D eigenvalue weighted by molar-refractivity contribution is 5.47. The molecule has 4 aromatic rings. The predicted octanol–water partition coefficient (Wildman–Crippen LogP) is 5.34. The Hall–Kier alpha value is -4.93. The summed E-state index contributed by atoms with van der Waals surface area (Å²) in [5.74, 6) is 3.05. The minimum atomic E-state index is 0.0900. The molecule has 0 aliphatic heterocycles. The SMILES string of the molecule is COc1ccc(ONc2nc(NOc3ccc(C)c(C)c3)nc(NOc3ccc(C)c(C)c3)n2)cc1OC. The van der Waals surface area contributed by atoms with Crippen molar-refractivity contribution < 1.29 is 24.0 Å². The average molecular weight is 519 g/mol. The Morgan fingerprint density at radius 3 is 1.26 bits per heavy atom. The fraction of sp³-hybridized carbons (Fsp3) is 0.222. The number of benzene rings is 3. The van der Waals surface area contributed by atoms with Crippen LogP contribution in [0.5, 0.6) is 28.7 Å². The Bertz CT molecular complexity index is 1340. The van der Waals surface area contributed by atoms with Gasteiger partial charge < -0.3 is 24.0 Å². The van der Waals surface area contributed by atoms with Crippen LogP contribution >= 0.6 is 0 Å². The molecule has 1 heterocycles. The van der Waals surface area contributed by atoms with Crippen LogP contribution in [0.25, 0.3) is 0 Å². The molecule has 4 rings (SSSR count). The molecule has 0 saturated heterocycles. The Balaban J connectivity index is 1.52. The number of aryl methyl sites for hydroxylation is 4. The van der Waals surface area contributed by atoms with E-state index in [0.29, 0.717) is 28.7 Å². The highest BCUT2D eigenvalue weighted by Crippen LogP contribution is 2.31. The number of anilines is 3. The molecule has 0 atom stereocenters. The molecular formula is C27H30N6O5. The molecule has 198 valence electrons. The molecule has 0 aliphatic carbocycles. The predicted molar refractivity (Wildman–Crippen MR) is 144 cm³/mol. The summed E-state index contributed by atoms with van der Waals surface area (Å²) in [5.41, 5.74) is 12.7. The molecule has 0 radical (unpaired) electrons. The second-order valence-electron chi connectivity index (χ2n) is 8.43. The Labute approximate surface area is 221 Å². The maximum absolute atomic E-state index is 5.68. The smallest absolute Gasteiger partial charge is 0.263 e. The topological polar surface area (TPSA) is 121 Å². The van der Waals surface area contributed by atoms with E-state index in [1.54, 1.807) is 32.4 Å². The van der Waals surface area contributed by atoms with Gasteiger partial charge in [0, 0.05) is 6.07 Å². The molecule has 0 saturated carbocycles. The normalized spacial score (nSPS) is 10.4. The first-order chi connectivity index (χ1) is 18.3. The summed E-state index contributed by atoms with van der Waals surface area (Å²) < 4.78 is 10.6. The number of aromatic nitrogens is 3. The van der Waals surface area contributed by atoms with Crippen molar-refractivity contribution in [1.29, 1.82) is 0 Å². The lowest BCUT2D eigenvalue weighted by atomic mass is 10.1. The van der Waals surface area contributed by atoms with E-state index in [1.807, 2.05) is 64.1 Å². The van der Waals surface area contributed by atoms with Gasteiger partial charge in [-0.05, 0) is 86.3 Å². The van der Waals surface area contributed by atoms with Crippen LogP contribution in [-0.2, 0) is 0 Å². The number of methoxy groups -OCH3 is 2. The first-order valence-corrected chi connectivity index (χ1v) is 11.8. The largest absolute Gasteiger partial charge is 0.493 e. The van der Waals surface area contributed by atoms with E-state index >= 15 is 0 Å². The lowest BCUT2D eigenvalue weighted by Crippen LogP contribution is -2.17. The van der Waals surface area contributed by atoms with Crippen molar-refractivity contribution in [2.75, 3.05) is 30.7 Å². The molecule has 3 N–H and O–H groups in total. The number of hydrogen-bond donors (Lipinski definition) is 3. The molecule has 0 spiro atoms. The second kappa shape index (κ2) is 11.9. The van der Waals surface area contributed by atoms with E-state index in [2.05, 4.69) is 31.4 Å². The van der Waals surface area contributed by atoms with Gasteiger partial charge in [0.15, 0.2) is 28.7 Å². The van der Waals surface area contributed by atoms with Gasteiger partial charge in [0.2, 0.25) is 0 Å². The minimum Gasteiger partial charge on any atom is -0.493 e. The van der Waals surface area contributed by atoms with E-state index in [9.17, 15) is 0 Å². The summed E-state index contributed by atoms with van der Waals surface area (Å²) in [6, 6.07) is 16.5. The number of hydrogen-bond acceptors (Lipinski definition) is 11. The monoisotopic (exact) mass is 518 g/mol. The van der Waals surface area contributed by atoms with E-state index in [-0.39, 0.29) is 17.8 Å². The molecular weight excluding hydrogens is 488 g/mol. The average Bonchev–Trinajstić information content (AvgIpc) is 2.93. The van der Waals surface area contributed by atoms with Gasteiger partial charge >= 0.3 is 0 Å². The molecule has 11 nitrogen and oxygen atoms in total. The zero-order valence-corrected chi connectivity index (χ0v) is 22.1. The minimum absolute atomic E-state index is 0.0900. The molecule has 11 heteroatoms. The van der Waals surface area contributed by atoms with Crippen LogP contribution in [0.2, 0.25) is 0 Å². The number of nitrogens with zero attached hydrogens (tertiary/aromatic N) is 3. The van der Waals surface area contributed by atoms with Gasteiger partial charge in [-0.2, -0.15) is 31.4 Å². The third kappa shape index (κ3) is 6.64. The third-order valence-electron chi connectivity index (χ3n) is 5.73. The van der Waals surface area contributed by atoms with Gasteiger partial charge in [0.05, 0.1) is 14.2 Å². The van der Waals surface area contributed by atoms with E-state index in [4.69, 9.17) is 24.0 Å². The van der Waals surface area contributed by atoms with Crippen LogP contribution in [0.3, 0.4) is 0 Å². The Kier molecular flexibility index (Phi) is 8.17. The fourth-order valence-electron chi connectivity index (χ4n) is 3.26. The summed E-state index contributed by atoms with van der Waals surface area (Å²) in [5, 5.41) is 0. The summed E-state index contributed by atoms with van der Waals surface area (Å²) in [4.78, 5) is 30.0. The van der Waals surface area contributed by atoms with E-state index in [1.165, 1.54) is 0 Å². The Morgan fingerprint density at radius 2 is 0.868 bits per heavy atom. The van der Waals surface area contributed by atoms with Gasteiger partial charge in [-0.15, -0.1) is 0 Å². The molecule has 3 aromatic carbocycles. The van der Waals surface area contributed by atoms with Gasteiger partial charge in [0.25, 0.3) is 17.8 Å². The highest BCUT2D eigenvalue weighted by atomic mass is 16.7. The lowest BCUT2D eigenvalue weighted by molar-refractivity contribution is 0.347. The molecule has 1 aromatic heterocycles. The number of ether oxygens (including phenoxy) is 2. The molecule has 0 bridgehead atoms. The molecule has 0 fully saturated rings. The van der Waals surface area contributed by atoms with Crippen LogP contribution in [-0.4, -0.2) is 29.2 Å². The third-order valence-corrected chi connectivity index (χ3v) is 5.73. The molecule has 0 unspecified atom stereocenters. The zero-order chi connectivity index (χ0) is 27.1. The van der Waals surface area contributed by atoms with Crippen LogP contribution < -0.4 is 40.4 Å². The van der Waals surface area contributed by atoms with Crippen molar-refractivity contribution in [3.63, 3.8) is 0 Å². The lowest BCUT2D eigenvalue weighted by Gasteiger charge is -2.14. The first-order valence-electron chi connectivity index (χ1n) is 11.8. The van der Waals surface area contributed by atoms with Crippen LogP contribution in [0.1, 0.15) is 22.3 Å². The summed E-state index contributed by atoms with van der Waals surface area (Å²) in [6.45, 7) is 8.07. The number of nitrogens with one attached hydrogen (secondary N) is 3. The highest BCUT2D eigenvalue weighted by Gasteiger charge is 2.11. The maximum atomic E-state index is 5.68. The van der Waals surface area contributed by atoms with Crippen LogP contribution in [0.4, 0.5) is 17.8 Å². The van der Waals surface area contributed by atoms with Crippen molar-refractivity contribution in [2.24, 2.45) is 0 Å². The second-order valence-corrected chi connectivity index (χ2v) is 8.43. The van der Waals surface area contributed by atoms with Crippen LogP contribution in [0.15, 0.2) is 54.6 Å². The van der Waals surface area contributed by atoms with Gasteiger partial charge in [0.1, 0.15) is 0 Å². The molecule has 38 heavy (non-hydrogen) atoms. The first kappa shape index (κ1) is 26.1. The van der Waals surface area contributed by atoms with Crippen molar-refractivity contribution in [3.05, 3.63) is 76.9 Å². The van der Waals surface area contributed by atoms with Crippen molar-refractivity contribution in [1.82, 2.24) is 15.0 Å². The quantitative estimate of drug-likeness (QED) is 0.223. The van der Waals surface area contributed by atoms with Gasteiger partial charge in [-0.1, -0.05) is 12.1 Å². The van der Waals surface area contributed by atoms with E-state index < -0.39 is 0 Å². The number of rotatable bonds is 11. The standard InChI is InChI=1S/C27H30N6O5/c1-16-7-9-20(13-18(16)3)36-31-25-28-26(32-37-21-10-8-17(2)19(4)14-21)30-27(29-25)33-38-22-11-12-23(34-5)24(15-22)35-6/h7-15H,1-6H3,(H3,28,29,30,31,32,33). The van der Waals surface area contributed by atoms with Crippen molar-refractivity contribution >= 4 is 17.8 Å². The summed E-state index contributed by atoms with van der Waals surface area (Å²) in [6.07, 6.45) is 0. The maximum Gasteiger partial charge on any atom is 0.263 e. The summed E-state index contributed by atoms with van der Waals surface area (Å²) >= 11 is 0. The van der Waals surface area contributed by atoms with Crippen molar-refractivity contribution in [2.45, 2.75) is 27.7 Å². The van der Waals surface area contributed by atoms with E-state index in [0.717, 1.165) is 22.3 Å². The molecule has 0 aliphatic rings. The summed E-state index contributed by atoms with van der Waals surface area (Å²) in [7, 11) is 3.10. The van der Waals surface area contributed by atoms with Crippen molar-refractivity contribution in [3.8, 4) is 28.7 Å². The van der Waals surface area contributed by atoms with Gasteiger partial charge in [-0.3, -0.25) is 0 Å². The van der Waals surface area contributed by atoms with Gasteiger partial charge in [-0.25, -0.2) is 0 Å².